The summed E-state index contributed by atoms with van der Waals surface area (Å²) in [5, 5.41) is 0. The molecule has 2 heteroatoms. The van der Waals surface area contributed by atoms with Gasteiger partial charge in [-0.15, -0.1) is 0 Å². The van der Waals surface area contributed by atoms with Crippen LogP contribution in [0.15, 0.2) is 16.6 Å². The summed E-state index contributed by atoms with van der Waals surface area (Å²) in [6.07, 6.45) is 4.50. The zero-order chi connectivity index (χ0) is 12.1. The Hall–Kier alpha value is -0.340. The standard InChI is InChI=1S/C14H22BrN/c1-4-13(16)7-5-6-12-8-10(2)11(3)9-14(12)15/h8-9,13H,4-7,16H2,1-3H3. The number of halogens is 1. The first-order valence-corrected chi connectivity index (χ1v) is 6.85. The Bertz CT molecular complexity index is 347. The van der Waals surface area contributed by atoms with E-state index in [1.807, 2.05) is 0 Å². The number of aryl methyl sites for hydroxylation is 3. The average molecular weight is 284 g/mol. The molecule has 0 heterocycles. The van der Waals surface area contributed by atoms with Gasteiger partial charge in [-0.05, 0) is 62.3 Å². The third-order valence-electron chi connectivity index (χ3n) is 3.21. The molecule has 0 spiro atoms. The third kappa shape index (κ3) is 3.91. The van der Waals surface area contributed by atoms with Crippen LogP contribution in [-0.4, -0.2) is 6.04 Å². The minimum Gasteiger partial charge on any atom is -0.328 e. The Kier molecular flexibility index (Phi) is 5.50. The molecule has 2 N–H and O–H groups in total. The smallest absolute Gasteiger partial charge is 0.0210 e. The zero-order valence-corrected chi connectivity index (χ0v) is 12.1. The van der Waals surface area contributed by atoms with Gasteiger partial charge < -0.3 is 5.73 Å². The first-order chi connectivity index (χ1) is 7.54. The van der Waals surface area contributed by atoms with Crippen LogP contribution >= 0.6 is 15.9 Å². The molecule has 0 aromatic heterocycles. The Morgan fingerprint density at radius 3 is 2.50 bits per heavy atom. The summed E-state index contributed by atoms with van der Waals surface area (Å²) < 4.78 is 1.24. The lowest BCUT2D eigenvalue weighted by atomic mass is 10.0. The van der Waals surface area contributed by atoms with Gasteiger partial charge in [-0.2, -0.15) is 0 Å². The van der Waals surface area contributed by atoms with Crippen molar-refractivity contribution in [2.75, 3.05) is 0 Å². The minimum absolute atomic E-state index is 0.366. The van der Waals surface area contributed by atoms with Crippen LogP contribution in [0.2, 0.25) is 0 Å². The maximum atomic E-state index is 5.92. The monoisotopic (exact) mass is 283 g/mol. The molecule has 1 atom stereocenters. The molecular formula is C14H22BrN. The first-order valence-electron chi connectivity index (χ1n) is 6.05. The number of benzene rings is 1. The highest BCUT2D eigenvalue weighted by Crippen LogP contribution is 2.23. The lowest BCUT2D eigenvalue weighted by Crippen LogP contribution is -2.18. The van der Waals surface area contributed by atoms with Crippen LogP contribution < -0.4 is 5.73 Å². The van der Waals surface area contributed by atoms with Crippen molar-refractivity contribution in [2.24, 2.45) is 5.73 Å². The van der Waals surface area contributed by atoms with Gasteiger partial charge in [0.2, 0.25) is 0 Å². The highest BCUT2D eigenvalue weighted by molar-refractivity contribution is 9.10. The van der Waals surface area contributed by atoms with Gasteiger partial charge in [0, 0.05) is 10.5 Å². The van der Waals surface area contributed by atoms with Gasteiger partial charge in [-0.1, -0.05) is 28.9 Å². The highest BCUT2D eigenvalue weighted by Gasteiger charge is 2.04. The van der Waals surface area contributed by atoms with Crippen molar-refractivity contribution in [1.82, 2.24) is 0 Å². The van der Waals surface area contributed by atoms with E-state index in [-0.39, 0.29) is 0 Å². The normalized spacial score (nSPS) is 12.8. The average Bonchev–Trinajstić information content (AvgIpc) is 2.25. The van der Waals surface area contributed by atoms with E-state index < -0.39 is 0 Å². The summed E-state index contributed by atoms with van der Waals surface area (Å²) in [6, 6.07) is 4.87. The molecule has 0 radical (unpaired) electrons. The number of rotatable bonds is 5. The second kappa shape index (κ2) is 6.41. The summed E-state index contributed by atoms with van der Waals surface area (Å²) in [4.78, 5) is 0. The van der Waals surface area contributed by atoms with Crippen molar-refractivity contribution >= 4 is 15.9 Å². The zero-order valence-electron chi connectivity index (χ0n) is 10.5. The summed E-state index contributed by atoms with van der Waals surface area (Å²) in [6.45, 7) is 6.47. The van der Waals surface area contributed by atoms with E-state index in [0.29, 0.717) is 6.04 Å². The van der Waals surface area contributed by atoms with Crippen LogP contribution in [0.25, 0.3) is 0 Å². The molecule has 0 saturated heterocycles. The Morgan fingerprint density at radius 2 is 1.88 bits per heavy atom. The lowest BCUT2D eigenvalue weighted by molar-refractivity contribution is 0.568. The van der Waals surface area contributed by atoms with Gasteiger partial charge in [0.05, 0.1) is 0 Å². The number of hydrogen-bond donors (Lipinski definition) is 1. The fourth-order valence-electron chi connectivity index (χ4n) is 1.79. The van der Waals surface area contributed by atoms with Gasteiger partial charge >= 0.3 is 0 Å². The first kappa shape index (κ1) is 13.7. The van der Waals surface area contributed by atoms with Crippen molar-refractivity contribution in [3.05, 3.63) is 33.3 Å². The van der Waals surface area contributed by atoms with E-state index in [9.17, 15) is 0 Å². The lowest BCUT2D eigenvalue weighted by Gasteiger charge is -2.11. The molecule has 90 valence electrons. The van der Waals surface area contributed by atoms with E-state index >= 15 is 0 Å². The predicted octanol–water partition coefficient (Wildman–Crippen LogP) is 4.13. The van der Waals surface area contributed by atoms with Crippen molar-refractivity contribution in [2.45, 2.75) is 52.5 Å². The Balaban J connectivity index is 2.57. The SMILES string of the molecule is CCC(N)CCCc1cc(C)c(C)cc1Br. The van der Waals surface area contributed by atoms with Crippen molar-refractivity contribution < 1.29 is 0 Å². The molecule has 0 bridgehead atoms. The van der Waals surface area contributed by atoms with E-state index in [1.165, 1.54) is 27.6 Å². The molecule has 0 saturated carbocycles. The van der Waals surface area contributed by atoms with E-state index in [0.717, 1.165) is 19.3 Å². The fourth-order valence-corrected chi connectivity index (χ4v) is 2.45. The molecule has 1 aromatic rings. The van der Waals surface area contributed by atoms with Gasteiger partial charge in [0.15, 0.2) is 0 Å². The van der Waals surface area contributed by atoms with Crippen molar-refractivity contribution in [1.29, 1.82) is 0 Å². The van der Waals surface area contributed by atoms with Crippen LogP contribution in [-0.2, 0) is 6.42 Å². The van der Waals surface area contributed by atoms with Crippen LogP contribution in [0.1, 0.15) is 42.9 Å². The van der Waals surface area contributed by atoms with Crippen LogP contribution in [0.3, 0.4) is 0 Å². The van der Waals surface area contributed by atoms with E-state index in [2.05, 4.69) is 48.8 Å². The van der Waals surface area contributed by atoms with Crippen molar-refractivity contribution in [3.8, 4) is 0 Å². The minimum atomic E-state index is 0.366. The number of nitrogens with two attached hydrogens (primary N) is 1. The largest absolute Gasteiger partial charge is 0.328 e. The summed E-state index contributed by atoms with van der Waals surface area (Å²) in [5.74, 6) is 0. The molecule has 1 unspecified atom stereocenters. The number of hydrogen-bond acceptors (Lipinski definition) is 1. The Labute approximate surface area is 108 Å². The molecule has 1 aromatic carbocycles. The summed E-state index contributed by atoms with van der Waals surface area (Å²) in [5.41, 5.74) is 10.0. The molecule has 1 nitrogen and oxygen atoms in total. The van der Waals surface area contributed by atoms with Gasteiger partial charge in [0.1, 0.15) is 0 Å². The molecule has 0 fully saturated rings. The van der Waals surface area contributed by atoms with Crippen LogP contribution in [0.4, 0.5) is 0 Å². The van der Waals surface area contributed by atoms with Gasteiger partial charge in [-0.25, -0.2) is 0 Å². The Morgan fingerprint density at radius 1 is 1.25 bits per heavy atom. The topological polar surface area (TPSA) is 26.0 Å². The molecule has 0 amide bonds. The van der Waals surface area contributed by atoms with Crippen LogP contribution in [0, 0.1) is 13.8 Å². The second-order valence-corrected chi connectivity index (χ2v) is 5.44. The summed E-state index contributed by atoms with van der Waals surface area (Å²) in [7, 11) is 0. The van der Waals surface area contributed by atoms with Gasteiger partial charge in [0.25, 0.3) is 0 Å². The van der Waals surface area contributed by atoms with Crippen molar-refractivity contribution in [3.63, 3.8) is 0 Å². The molecular weight excluding hydrogens is 262 g/mol. The molecule has 1 rings (SSSR count). The summed E-state index contributed by atoms with van der Waals surface area (Å²) >= 11 is 3.63. The molecule has 16 heavy (non-hydrogen) atoms. The maximum absolute atomic E-state index is 5.92. The van der Waals surface area contributed by atoms with E-state index in [1.54, 1.807) is 0 Å². The van der Waals surface area contributed by atoms with Gasteiger partial charge in [-0.3, -0.25) is 0 Å². The quantitative estimate of drug-likeness (QED) is 0.864. The third-order valence-corrected chi connectivity index (χ3v) is 3.95. The molecule has 0 aliphatic rings. The predicted molar refractivity (Wildman–Crippen MR) is 74.8 cm³/mol. The maximum Gasteiger partial charge on any atom is 0.0210 e. The fraction of sp³-hybridized carbons (Fsp3) is 0.571. The molecule has 0 aliphatic carbocycles. The molecule has 0 aliphatic heterocycles. The highest BCUT2D eigenvalue weighted by atomic mass is 79.9. The van der Waals surface area contributed by atoms with Crippen LogP contribution in [0.5, 0.6) is 0 Å². The van der Waals surface area contributed by atoms with E-state index in [4.69, 9.17) is 5.73 Å². The second-order valence-electron chi connectivity index (χ2n) is 4.59.